The number of rotatable bonds is 4. The predicted molar refractivity (Wildman–Crippen MR) is 106 cm³/mol. The third-order valence-corrected chi connectivity index (χ3v) is 6.58. The Balaban J connectivity index is 1.82. The Labute approximate surface area is 154 Å². The Morgan fingerprint density at radius 1 is 0.923 bits per heavy atom. The Bertz CT molecular complexity index is 1060. The molecule has 0 amide bonds. The van der Waals surface area contributed by atoms with E-state index in [9.17, 15) is 8.42 Å². The standard InChI is InChI=1S/C22H21NO2S/c1-17-10-13-20(14-11-17)26(24,25)23-16-19-8-5-9-21(19)22(23)15-12-18-6-3-2-4-7-18/h2-4,6-7,10-16H,5,8-9H2,1H3/b15-12+. The molecule has 1 aromatic heterocycles. The molecule has 4 heteroatoms. The summed E-state index contributed by atoms with van der Waals surface area (Å²) in [5.74, 6) is 0. The van der Waals surface area contributed by atoms with Crippen molar-refractivity contribution in [2.75, 3.05) is 0 Å². The fraction of sp³-hybridized carbons (Fsp3) is 0.182. The summed E-state index contributed by atoms with van der Waals surface area (Å²) in [6.45, 7) is 1.95. The highest BCUT2D eigenvalue weighted by atomic mass is 32.2. The average Bonchev–Trinajstić information content (AvgIpc) is 3.23. The zero-order valence-corrected chi connectivity index (χ0v) is 15.5. The van der Waals surface area contributed by atoms with Crippen LogP contribution < -0.4 is 0 Å². The minimum absolute atomic E-state index is 0.325. The molecule has 3 aromatic rings. The second-order valence-electron chi connectivity index (χ2n) is 6.73. The maximum absolute atomic E-state index is 13.2. The molecule has 0 saturated carbocycles. The van der Waals surface area contributed by atoms with Crippen LogP contribution in [-0.2, 0) is 22.9 Å². The molecule has 0 bridgehead atoms. The fourth-order valence-corrected chi connectivity index (χ4v) is 4.89. The normalized spacial score (nSPS) is 14.0. The molecule has 0 spiro atoms. The molecular weight excluding hydrogens is 342 g/mol. The summed E-state index contributed by atoms with van der Waals surface area (Å²) in [7, 11) is -3.60. The molecule has 1 aliphatic rings. The summed E-state index contributed by atoms with van der Waals surface area (Å²) in [5, 5.41) is 0. The number of hydrogen-bond acceptors (Lipinski definition) is 2. The van der Waals surface area contributed by atoms with Gasteiger partial charge in [0.05, 0.1) is 10.6 Å². The quantitative estimate of drug-likeness (QED) is 0.674. The van der Waals surface area contributed by atoms with Gasteiger partial charge in [0, 0.05) is 6.20 Å². The van der Waals surface area contributed by atoms with Crippen LogP contribution in [0.25, 0.3) is 12.2 Å². The van der Waals surface area contributed by atoms with Crippen molar-refractivity contribution in [2.45, 2.75) is 31.1 Å². The maximum Gasteiger partial charge on any atom is 0.268 e. The zero-order valence-electron chi connectivity index (χ0n) is 14.7. The van der Waals surface area contributed by atoms with Gasteiger partial charge in [0.1, 0.15) is 0 Å². The number of nitrogens with zero attached hydrogens (tertiary/aromatic N) is 1. The number of aryl methyl sites for hydroxylation is 2. The van der Waals surface area contributed by atoms with Crippen molar-refractivity contribution in [3.63, 3.8) is 0 Å². The summed E-state index contributed by atoms with van der Waals surface area (Å²) in [6, 6.07) is 17.0. The van der Waals surface area contributed by atoms with Crippen LogP contribution in [0.1, 0.15) is 34.4 Å². The van der Waals surface area contributed by atoms with Crippen LogP contribution in [0.15, 0.2) is 65.7 Å². The van der Waals surface area contributed by atoms with E-state index in [2.05, 4.69) is 0 Å². The van der Waals surface area contributed by atoms with Crippen LogP contribution in [0, 0.1) is 6.92 Å². The molecule has 3 nitrogen and oxygen atoms in total. The molecule has 0 unspecified atom stereocenters. The lowest BCUT2D eigenvalue weighted by atomic mass is 10.1. The molecule has 0 aliphatic heterocycles. The third-order valence-electron chi connectivity index (χ3n) is 4.89. The predicted octanol–water partition coefficient (Wildman–Crippen LogP) is 4.69. The van der Waals surface area contributed by atoms with Crippen LogP contribution in [0.4, 0.5) is 0 Å². The first kappa shape index (κ1) is 16.9. The highest BCUT2D eigenvalue weighted by Crippen LogP contribution is 2.31. The first-order valence-electron chi connectivity index (χ1n) is 8.84. The van der Waals surface area contributed by atoms with Gasteiger partial charge in [-0.25, -0.2) is 12.4 Å². The van der Waals surface area contributed by atoms with Crippen molar-refractivity contribution in [1.82, 2.24) is 3.97 Å². The second kappa shape index (κ2) is 6.61. The third kappa shape index (κ3) is 3.01. The lowest BCUT2D eigenvalue weighted by Crippen LogP contribution is -2.14. The molecule has 1 aliphatic carbocycles. The minimum atomic E-state index is -3.60. The van der Waals surface area contributed by atoms with Gasteiger partial charge in [-0.05, 0) is 61.1 Å². The number of aromatic nitrogens is 1. The molecule has 0 fully saturated rings. The molecule has 0 saturated heterocycles. The van der Waals surface area contributed by atoms with E-state index in [4.69, 9.17) is 0 Å². The highest BCUT2D eigenvalue weighted by Gasteiger charge is 2.26. The van der Waals surface area contributed by atoms with E-state index in [0.717, 1.165) is 47.2 Å². The molecule has 0 N–H and O–H groups in total. The molecule has 132 valence electrons. The first-order valence-corrected chi connectivity index (χ1v) is 10.3. The van der Waals surface area contributed by atoms with Gasteiger partial charge in [-0.2, -0.15) is 0 Å². The van der Waals surface area contributed by atoms with Crippen molar-refractivity contribution in [1.29, 1.82) is 0 Å². The van der Waals surface area contributed by atoms with Gasteiger partial charge in [-0.1, -0.05) is 54.1 Å². The minimum Gasteiger partial charge on any atom is -0.241 e. The molecule has 4 rings (SSSR count). The van der Waals surface area contributed by atoms with E-state index in [1.807, 2.05) is 67.7 Å². The van der Waals surface area contributed by atoms with Gasteiger partial charge in [-0.15, -0.1) is 0 Å². The molecule has 26 heavy (non-hydrogen) atoms. The van der Waals surface area contributed by atoms with Crippen LogP contribution in [0.3, 0.4) is 0 Å². The van der Waals surface area contributed by atoms with Crippen molar-refractivity contribution in [3.8, 4) is 0 Å². The summed E-state index contributed by atoms with van der Waals surface area (Å²) in [4.78, 5) is 0.325. The SMILES string of the molecule is Cc1ccc(S(=O)(=O)n2cc3c(c2/C=C/c2ccccc2)CCC3)cc1. The largest absolute Gasteiger partial charge is 0.268 e. The summed E-state index contributed by atoms with van der Waals surface area (Å²) in [5.41, 5.74) is 5.19. The topological polar surface area (TPSA) is 39.1 Å². The van der Waals surface area contributed by atoms with Crippen molar-refractivity contribution in [2.24, 2.45) is 0 Å². The van der Waals surface area contributed by atoms with Gasteiger partial charge in [0.15, 0.2) is 0 Å². The van der Waals surface area contributed by atoms with E-state index < -0.39 is 10.0 Å². The van der Waals surface area contributed by atoms with E-state index in [1.165, 1.54) is 3.97 Å². The highest BCUT2D eigenvalue weighted by molar-refractivity contribution is 7.90. The number of hydrogen-bond donors (Lipinski definition) is 0. The Morgan fingerprint density at radius 2 is 1.65 bits per heavy atom. The number of fused-ring (bicyclic) bond motifs is 1. The van der Waals surface area contributed by atoms with Gasteiger partial charge in [0.25, 0.3) is 10.0 Å². The smallest absolute Gasteiger partial charge is 0.241 e. The molecule has 1 heterocycles. The molecule has 0 atom stereocenters. The number of benzene rings is 2. The van der Waals surface area contributed by atoms with Crippen molar-refractivity contribution < 1.29 is 8.42 Å². The van der Waals surface area contributed by atoms with E-state index in [0.29, 0.717) is 4.90 Å². The summed E-state index contributed by atoms with van der Waals surface area (Å²) in [6.07, 6.45) is 8.68. The average molecular weight is 363 g/mol. The van der Waals surface area contributed by atoms with E-state index in [-0.39, 0.29) is 0 Å². The maximum atomic E-state index is 13.2. The molecule has 0 radical (unpaired) electrons. The van der Waals surface area contributed by atoms with Gasteiger partial charge >= 0.3 is 0 Å². The van der Waals surface area contributed by atoms with Crippen LogP contribution in [-0.4, -0.2) is 12.4 Å². The lowest BCUT2D eigenvalue weighted by molar-refractivity contribution is 0.586. The zero-order chi connectivity index (χ0) is 18.1. The second-order valence-corrected chi connectivity index (χ2v) is 8.54. The lowest BCUT2D eigenvalue weighted by Gasteiger charge is -2.10. The van der Waals surface area contributed by atoms with Gasteiger partial charge < -0.3 is 0 Å². The Hall–Kier alpha value is -2.59. The van der Waals surface area contributed by atoms with E-state index >= 15 is 0 Å². The summed E-state index contributed by atoms with van der Waals surface area (Å²) >= 11 is 0. The molecular formula is C22H21NO2S. The van der Waals surface area contributed by atoms with Crippen LogP contribution in [0.5, 0.6) is 0 Å². The van der Waals surface area contributed by atoms with Crippen molar-refractivity contribution in [3.05, 3.63) is 88.7 Å². The van der Waals surface area contributed by atoms with Crippen LogP contribution >= 0.6 is 0 Å². The van der Waals surface area contributed by atoms with Crippen LogP contribution in [0.2, 0.25) is 0 Å². The first-order chi connectivity index (χ1) is 12.6. The van der Waals surface area contributed by atoms with Gasteiger partial charge in [-0.3, -0.25) is 0 Å². The summed E-state index contributed by atoms with van der Waals surface area (Å²) < 4.78 is 27.9. The van der Waals surface area contributed by atoms with E-state index in [1.54, 1.807) is 12.1 Å². The van der Waals surface area contributed by atoms with Gasteiger partial charge in [0.2, 0.25) is 0 Å². The van der Waals surface area contributed by atoms with Crippen molar-refractivity contribution >= 4 is 22.2 Å². The Morgan fingerprint density at radius 3 is 2.38 bits per heavy atom. The fourth-order valence-electron chi connectivity index (χ4n) is 3.48. The monoisotopic (exact) mass is 363 g/mol. The molecule has 2 aromatic carbocycles. The Kier molecular flexibility index (Phi) is 4.29.